The fraction of sp³-hybridized carbons (Fsp3) is 0.333. The average molecular weight is 280 g/mol. The molecule has 0 unspecified atom stereocenters. The molecule has 84 valence electrons. The molecule has 4 heteroatoms. The van der Waals surface area contributed by atoms with Crippen molar-refractivity contribution in [2.45, 2.75) is 20.3 Å². The van der Waals surface area contributed by atoms with Crippen molar-refractivity contribution >= 4 is 32.8 Å². The molecule has 0 amide bonds. The molecule has 0 saturated heterocycles. The molecule has 0 aliphatic carbocycles. The number of rotatable bonds is 2. The summed E-state index contributed by atoms with van der Waals surface area (Å²) in [5, 5.41) is 1.08. The molecule has 0 spiro atoms. The van der Waals surface area contributed by atoms with E-state index >= 15 is 0 Å². The number of hydrogen-bond acceptors (Lipinski definition) is 3. The van der Waals surface area contributed by atoms with Crippen molar-refractivity contribution in [3.05, 3.63) is 28.4 Å². The second-order valence-electron chi connectivity index (χ2n) is 4.29. The van der Waals surface area contributed by atoms with Crippen LogP contribution in [0.1, 0.15) is 19.5 Å². The van der Waals surface area contributed by atoms with Gasteiger partial charge in [0.2, 0.25) is 5.95 Å². The molecule has 1 aromatic heterocycles. The summed E-state index contributed by atoms with van der Waals surface area (Å²) in [5.74, 6) is 0.905. The Balaban J connectivity index is 2.64. The molecular weight excluding hydrogens is 266 g/mol. The predicted molar refractivity (Wildman–Crippen MR) is 70.2 cm³/mol. The fourth-order valence-corrected chi connectivity index (χ4v) is 2.09. The molecule has 2 N–H and O–H groups in total. The number of nitrogens with two attached hydrogens (primary N) is 1. The second-order valence-corrected chi connectivity index (χ2v) is 5.20. The van der Waals surface area contributed by atoms with Crippen LogP contribution in [0.5, 0.6) is 0 Å². The van der Waals surface area contributed by atoms with Gasteiger partial charge in [-0.2, -0.15) is 0 Å². The highest BCUT2D eigenvalue weighted by Crippen LogP contribution is 2.23. The Morgan fingerprint density at radius 2 is 2.06 bits per heavy atom. The number of nitrogens with zero attached hydrogens (tertiary/aromatic N) is 2. The number of benzene rings is 1. The van der Waals surface area contributed by atoms with E-state index in [1.54, 1.807) is 0 Å². The Bertz CT molecular complexity index is 523. The molecule has 0 atom stereocenters. The standard InChI is InChI=1S/C12H14BrN3/c1-7(2)5-11-9-6-8(13)3-4-10(9)15-12(14)16-11/h3-4,6-7H,5H2,1-2H3,(H2,14,15,16). The molecule has 0 bridgehead atoms. The van der Waals surface area contributed by atoms with E-state index in [9.17, 15) is 0 Å². The van der Waals surface area contributed by atoms with Crippen LogP contribution in [0, 0.1) is 5.92 Å². The second kappa shape index (κ2) is 4.37. The monoisotopic (exact) mass is 279 g/mol. The van der Waals surface area contributed by atoms with E-state index < -0.39 is 0 Å². The van der Waals surface area contributed by atoms with E-state index in [2.05, 4.69) is 39.7 Å². The Morgan fingerprint density at radius 3 is 2.75 bits per heavy atom. The lowest BCUT2D eigenvalue weighted by atomic mass is 10.0. The topological polar surface area (TPSA) is 51.8 Å². The van der Waals surface area contributed by atoms with Crippen LogP contribution in [-0.2, 0) is 6.42 Å². The van der Waals surface area contributed by atoms with Crippen molar-refractivity contribution in [1.29, 1.82) is 0 Å². The van der Waals surface area contributed by atoms with Gasteiger partial charge in [0.15, 0.2) is 0 Å². The summed E-state index contributed by atoms with van der Waals surface area (Å²) in [6.45, 7) is 4.34. The van der Waals surface area contributed by atoms with E-state index in [-0.39, 0.29) is 0 Å². The van der Waals surface area contributed by atoms with Gasteiger partial charge in [-0.3, -0.25) is 0 Å². The summed E-state index contributed by atoms with van der Waals surface area (Å²) in [4.78, 5) is 8.56. The molecule has 16 heavy (non-hydrogen) atoms. The quantitative estimate of drug-likeness (QED) is 0.919. The van der Waals surface area contributed by atoms with Crippen molar-refractivity contribution in [3.63, 3.8) is 0 Å². The summed E-state index contributed by atoms with van der Waals surface area (Å²) >= 11 is 3.46. The Hall–Kier alpha value is -1.16. The zero-order valence-electron chi connectivity index (χ0n) is 9.37. The first-order valence-corrected chi connectivity index (χ1v) is 6.07. The normalized spacial score (nSPS) is 11.2. The Morgan fingerprint density at radius 1 is 1.31 bits per heavy atom. The average Bonchev–Trinajstić information content (AvgIpc) is 2.18. The van der Waals surface area contributed by atoms with Crippen molar-refractivity contribution in [3.8, 4) is 0 Å². The van der Waals surface area contributed by atoms with E-state index in [0.29, 0.717) is 11.9 Å². The van der Waals surface area contributed by atoms with Gasteiger partial charge in [0.25, 0.3) is 0 Å². The van der Waals surface area contributed by atoms with Gasteiger partial charge in [-0.25, -0.2) is 9.97 Å². The number of aromatic nitrogens is 2. The van der Waals surface area contributed by atoms with E-state index in [0.717, 1.165) is 27.5 Å². The number of halogens is 1. The SMILES string of the molecule is CC(C)Cc1nc(N)nc2ccc(Br)cc12. The highest BCUT2D eigenvalue weighted by molar-refractivity contribution is 9.10. The number of hydrogen-bond donors (Lipinski definition) is 1. The summed E-state index contributed by atoms with van der Waals surface area (Å²) in [6, 6.07) is 5.97. The highest BCUT2D eigenvalue weighted by atomic mass is 79.9. The summed E-state index contributed by atoms with van der Waals surface area (Å²) in [5.41, 5.74) is 7.64. The zero-order chi connectivity index (χ0) is 11.7. The van der Waals surface area contributed by atoms with Gasteiger partial charge in [-0.1, -0.05) is 29.8 Å². The summed E-state index contributed by atoms with van der Waals surface area (Å²) in [6.07, 6.45) is 0.916. The molecule has 0 aliphatic rings. The molecule has 3 nitrogen and oxygen atoms in total. The molecule has 0 saturated carbocycles. The predicted octanol–water partition coefficient (Wildman–Crippen LogP) is 3.17. The van der Waals surface area contributed by atoms with Crippen LogP contribution in [0.15, 0.2) is 22.7 Å². The van der Waals surface area contributed by atoms with E-state index in [1.165, 1.54) is 0 Å². The lowest BCUT2D eigenvalue weighted by Crippen LogP contribution is -2.03. The first kappa shape index (κ1) is 11.3. The van der Waals surface area contributed by atoms with Crippen LogP contribution in [0.4, 0.5) is 5.95 Å². The minimum Gasteiger partial charge on any atom is -0.368 e. The Kier molecular flexibility index (Phi) is 3.10. The molecule has 2 rings (SSSR count). The third-order valence-corrected chi connectivity index (χ3v) is 2.85. The first-order valence-electron chi connectivity index (χ1n) is 5.28. The van der Waals surface area contributed by atoms with E-state index in [1.807, 2.05) is 18.2 Å². The number of fused-ring (bicyclic) bond motifs is 1. The maximum Gasteiger partial charge on any atom is 0.220 e. The third-order valence-electron chi connectivity index (χ3n) is 2.36. The molecule has 1 aromatic carbocycles. The minimum absolute atomic E-state index is 0.352. The van der Waals surface area contributed by atoms with Crippen LogP contribution < -0.4 is 5.73 Å². The zero-order valence-corrected chi connectivity index (χ0v) is 11.0. The lowest BCUT2D eigenvalue weighted by molar-refractivity contribution is 0.639. The smallest absolute Gasteiger partial charge is 0.220 e. The molecule has 2 aromatic rings. The highest BCUT2D eigenvalue weighted by Gasteiger charge is 2.08. The van der Waals surface area contributed by atoms with Crippen molar-refractivity contribution in [2.75, 3.05) is 5.73 Å². The molecule has 0 radical (unpaired) electrons. The van der Waals surface area contributed by atoms with Crippen LogP contribution >= 0.6 is 15.9 Å². The summed E-state index contributed by atoms with van der Waals surface area (Å²) < 4.78 is 1.04. The Labute approximate surface area is 103 Å². The number of anilines is 1. The third kappa shape index (κ3) is 2.32. The van der Waals surface area contributed by atoms with Crippen molar-refractivity contribution in [2.24, 2.45) is 5.92 Å². The number of nitrogen functional groups attached to an aromatic ring is 1. The van der Waals surface area contributed by atoms with Crippen molar-refractivity contribution < 1.29 is 0 Å². The first-order chi connectivity index (χ1) is 7.56. The summed E-state index contributed by atoms with van der Waals surface area (Å²) in [7, 11) is 0. The maximum absolute atomic E-state index is 5.70. The van der Waals surface area contributed by atoms with Crippen LogP contribution in [-0.4, -0.2) is 9.97 Å². The lowest BCUT2D eigenvalue weighted by Gasteiger charge is -2.09. The molecule has 0 fully saturated rings. The minimum atomic E-state index is 0.352. The molecular formula is C12H14BrN3. The van der Waals surface area contributed by atoms with E-state index in [4.69, 9.17) is 5.73 Å². The maximum atomic E-state index is 5.70. The van der Waals surface area contributed by atoms with Gasteiger partial charge in [0.1, 0.15) is 0 Å². The van der Waals surface area contributed by atoms with Gasteiger partial charge in [0, 0.05) is 9.86 Å². The van der Waals surface area contributed by atoms with Gasteiger partial charge >= 0.3 is 0 Å². The van der Waals surface area contributed by atoms with Crippen LogP contribution in [0.2, 0.25) is 0 Å². The largest absolute Gasteiger partial charge is 0.368 e. The van der Waals surface area contributed by atoms with Crippen molar-refractivity contribution in [1.82, 2.24) is 9.97 Å². The van der Waals surface area contributed by atoms with Gasteiger partial charge < -0.3 is 5.73 Å². The fourth-order valence-electron chi connectivity index (χ4n) is 1.73. The molecule has 0 aliphatic heterocycles. The molecule has 1 heterocycles. The van der Waals surface area contributed by atoms with Gasteiger partial charge in [-0.15, -0.1) is 0 Å². The van der Waals surface area contributed by atoms with Crippen LogP contribution in [0.3, 0.4) is 0 Å². The van der Waals surface area contributed by atoms with Gasteiger partial charge in [-0.05, 0) is 30.5 Å². The van der Waals surface area contributed by atoms with Crippen LogP contribution in [0.25, 0.3) is 10.9 Å². The van der Waals surface area contributed by atoms with Gasteiger partial charge in [0.05, 0.1) is 11.2 Å².